The van der Waals surface area contributed by atoms with E-state index in [1.54, 1.807) is 0 Å². The summed E-state index contributed by atoms with van der Waals surface area (Å²) in [7, 11) is 0. The number of hydrogen-bond acceptors (Lipinski definition) is 2. The Morgan fingerprint density at radius 1 is 1.25 bits per heavy atom. The first-order valence-corrected chi connectivity index (χ1v) is 6.36. The maximum Gasteiger partial charge on any atom is 0.0595 e. The fraction of sp³-hybridized carbons (Fsp3) is 0.500. The van der Waals surface area contributed by atoms with Crippen molar-refractivity contribution in [1.29, 1.82) is 0 Å². The van der Waals surface area contributed by atoms with E-state index in [2.05, 4.69) is 10.6 Å². The second-order valence-corrected chi connectivity index (χ2v) is 5.04. The number of nitrogens with one attached hydrogen (secondary N) is 2. The summed E-state index contributed by atoms with van der Waals surface area (Å²) >= 11 is 11.8. The third-order valence-electron chi connectivity index (χ3n) is 2.87. The number of hydrogen-bond donors (Lipinski definition) is 2. The van der Waals surface area contributed by atoms with Crippen LogP contribution in [0.4, 0.5) is 0 Å². The van der Waals surface area contributed by atoms with Gasteiger partial charge in [-0.3, -0.25) is 0 Å². The minimum Gasteiger partial charge on any atom is -0.316 e. The van der Waals surface area contributed by atoms with Crippen molar-refractivity contribution in [2.75, 3.05) is 26.2 Å². The standard InChI is InChI=1S/C12H16Cl2N2/c13-11-2-1-9(5-12(11)14)3-4-15-6-10-7-16-8-10/h1-2,5,10,15-16H,3-4,6-8H2. The Morgan fingerprint density at radius 3 is 2.69 bits per heavy atom. The van der Waals surface area contributed by atoms with Crippen LogP contribution in [0.2, 0.25) is 10.0 Å². The van der Waals surface area contributed by atoms with E-state index < -0.39 is 0 Å². The predicted octanol–water partition coefficient (Wildman–Crippen LogP) is 2.34. The minimum atomic E-state index is 0.624. The van der Waals surface area contributed by atoms with Crippen LogP contribution in [0.1, 0.15) is 5.56 Å². The maximum atomic E-state index is 5.95. The summed E-state index contributed by atoms with van der Waals surface area (Å²) in [6.45, 7) is 4.41. The Bertz CT molecular complexity index is 351. The van der Waals surface area contributed by atoms with Crippen molar-refractivity contribution >= 4 is 23.2 Å². The Balaban J connectivity index is 1.69. The van der Waals surface area contributed by atoms with E-state index in [9.17, 15) is 0 Å². The highest BCUT2D eigenvalue weighted by Gasteiger charge is 2.15. The lowest BCUT2D eigenvalue weighted by molar-refractivity contribution is 0.333. The van der Waals surface area contributed by atoms with Crippen molar-refractivity contribution in [3.8, 4) is 0 Å². The van der Waals surface area contributed by atoms with Gasteiger partial charge in [-0.1, -0.05) is 29.3 Å². The molecule has 1 heterocycles. The van der Waals surface area contributed by atoms with Crippen molar-refractivity contribution in [3.63, 3.8) is 0 Å². The van der Waals surface area contributed by atoms with Gasteiger partial charge in [-0.25, -0.2) is 0 Å². The SMILES string of the molecule is Clc1ccc(CCNCC2CNC2)cc1Cl. The molecule has 2 N–H and O–H groups in total. The van der Waals surface area contributed by atoms with E-state index in [1.165, 1.54) is 5.56 Å². The molecule has 88 valence electrons. The number of rotatable bonds is 5. The average Bonchev–Trinajstić information content (AvgIpc) is 2.20. The van der Waals surface area contributed by atoms with Gasteiger partial charge in [0.1, 0.15) is 0 Å². The molecule has 1 saturated heterocycles. The summed E-state index contributed by atoms with van der Waals surface area (Å²) in [5.74, 6) is 0.814. The van der Waals surface area contributed by atoms with Crippen molar-refractivity contribution < 1.29 is 0 Å². The second kappa shape index (κ2) is 5.87. The fourth-order valence-electron chi connectivity index (χ4n) is 1.73. The summed E-state index contributed by atoms with van der Waals surface area (Å²) in [4.78, 5) is 0. The van der Waals surface area contributed by atoms with Crippen LogP contribution in [-0.4, -0.2) is 26.2 Å². The zero-order valence-electron chi connectivity index (χ0n) is 9.10. The molecule has 1 aliphatic heterocycles. The fourth-order valence-corrected chi connectivity index (χ4v) is 2.05. The van der Waals surface area contributed by atoms with Crippen LogP contribution in [0.25, 0.3) is 0 Å². The highest BCUT2D eigenvalue weighted by atomic mass is 35.5. The molecule has 16 heavy (non-hydrogen) atoms. The maximum absolute atomic E-state index is 5.95. The highest BCUT2D eigenvalue weighted by molar-refractivity contribution is 6.42. The van der Waals surface area contributed by atoms with Crippen LogP contribution in [0, 0.1) is 5.92 Å². The zero-order valence-corrected chi connectivity index (χ0v) is 10.6. The van der Waals surface area contributed by atoms with Crippen molar-refractivity contribution in [2.45, 2.75) is 6.42 Å². The molecular formula is C12H16Cl2N2. The third kappa shape index (κ3) is 3.36. The van der Waals surface area contributed by atoms with E-state index in [0.29, 0.717) is 10.0 Å². The molecule has 1 aromatic rings. The smallest absolute Gasteiger partial charge is 0.0595 e. The Morgan fingerprint density at radius 2 is 2.06 bits per heavy atom. The number of benzene rings is 1. The molecule has 2 rings (SSSR count). The third-order valence-corrected chi connectivity index (χ3v) is 3.61. The zero-order chi connectivity index (χ0) is 11.4. The van der Waals surface area contributed by atoms with Gasteiger partial charge in [0.15, 0.2) is 0 Å². The van der Waals surface area contributed by atoms with Gasteiger partial charge in [-0.2, -0.15) is 0 Å². The molecule has 1 aliphatic rings. The molecular weight excluding hydrogens is 243 g/mol. The van der Waals surface area contributed by atoms with Crippen LogP contribution < -0.4 is 10.6 Å². The Labute approximate surface area is 106 Å². The summed E-state index contributed by atoms with van der Waals surface area (Å²) in [5.41, 5.74) is 1.23. The largest absolute Gasteiger partial charge is 0.316 e. The van der Waals surface area contributed by atoms with Crippen LogP contribution >= 0.6 is 23.2 Å². The molecule has 2 nitrogen and oxygen atoms in total. The molecule has 0 radical (unpaired) electrons. The molecule has 0 atom stereocenters. The first-order chi connectivity index (χ1) is 7.75. The highest BCUT2D eigenvalue weighted by Crippen LogP contribution is 2.22. The lowest BCUT2D eigenvalue weighted by Crippen LogP contribution is -2.47. The van der Waals surface area contributed by atoms with Gasteiger partial charge in [0, 0.05) is 19.6 Å². The molecule has 1 fully saturated rings. The van der Waals surface area contributed by atoms with Gasteiger partial charge < -0.3 is 10.6 Å². The van der Waals surface area contributed by atoms with Gasteiger partial charge in [0.05, 0.1) is 10.0 Å². The van der Waals surface area contributed by atoms with Crippen LogP contribution in [0.3, 0.4) is 0 Å². The molecule has 0 bridgehead atoms. The molecule has 0 unspecified atom stereocenters. The van der Waals surface area contributed by atoms with Gasteiger partial charge in [-0.05, 0) is 36.6 Å². The normalized spacial score (nSPS) is 16.1. The van der Waals surface area contributed by atoms with Crippen LogP contribution in [0.5, 0.6) is 0 Å². The number of halogens is 2. The van der Waals surface area contributed by atoms with E-state index in [4.69, 9.17) is 23.2 Å². The first kappa shape index (κ1) is 12.2. The van der Waals surface area contributed by atoms with Crippen molar-refractivity contribution in [1.82, 2.24) is 10.6 Å². The topological polar surface area (TPSA) is 24.1 Å². The second-order valence-electron chi connectivity index (χ2n) is 4.23. The van der Waals surface area contributed by atoms with Gasteiger partial charge in [0.25, 0.3) is 0 Å². The summed E-state index contributed by atoms with van der Waals surface area (Å²) in [6.07, 6.45) is 0.997. The average molecular weight is 259 g/mol. The monoisotopic (exact) mass is 258 g/mol. The van der Waals surface area contributed by atoms with Crippen molar-refractivity contribution in [3.05, 3.63) is 33.8 Å². The van der Waals surface area contributed by atoms with Gasteiger partial charge in [-0.15, -0.1) is 0 Å². The van der Waals surface area contributed by atoms with Crippen LogP contribution in [0.15, 0.2) is 18.2 Å². The van der Waals surface area contributed by atoms with Crippen molar-refractivity contribution in [2.24, 2.45) is 5.92 Å². The molecule has 0 aliphatic carbocycles. The summed E-state index contributed by atoms with van der Waals surface area (Å²) in [6, 6.07) is 5.83. The van der Waals surface area contributed by atoms with Gasteiger partial charge >= 0.3 is 0 Å². The van der Waals surface area contributed by atoms with Crippen LogP contribution in [-0.2, 0) is 6.42 Å². The Kier molecular flexibility index (Phi) is 4.47. The Hall–Kier alpha value is -0.280. The first-order valence-electron chi connectivity index (χ1n) is 5.61. The van der Waals surface area contributed by atoms with E-state index >= 15 is 0 Å². The summed E-state index contributed by atoms with van der Waals surface area (Å²) < 4.78 is 0. The predicted molar refractivity (Wildman–Crippen MR) is 69.4 cm³/mol. The molecule has 0 aromatic heterocycles. The molecule has 0 amide bonds. The summed E-state index contributed by atoms with van der Waals surface area (Å²) in [5, 5.41) is 7.98. The van der Waals surface area contributed by atoms with E-state index in [-0.39, 0.29) is 0 Å². The quantitative estimate of drug-likeness (QED) is 0.793. The minimum absolute atomic E-state index is 0.624. The molecule has 0 spiro atoms. The van der Waals surface area contributed by atoms with Gasteiger partial charge in [0.2, 0.25) is 0 Å². The molecule has 4 heteroatoms. The lowest BCUT2D eigenvalue weighted by Gasteiger charge is -2.27. The molecule has 1 aromatic carbocycles. The van der Waals surface area contributed by atoms with E-state index in [0.717, 1.165) is 38.5 Å². The lowest BCUT2D eigenvalue weighted by atomic mass is 10.0. The molecule has 0 saturated carbocycles. The van der Waals surface area contributed by atoms with E-state index in [1.807, 2.05) is 18.2 Å².